The van der Waals surface area contributed by atoms with Crippen LogP contribution in [0.25, 0.3) is 0 Å². The van der Waals surface area contributed by atoms with Gasteiger partial charge in [0.1, 0.15) is 0 Å². The Labute approximate surface area is 79.4 Å². The van der Waals surface area contributed by atoms with Crippen molar-refractivity contribution in [1.82, 2.24) is 5.06 Å². The molecule has 0 N–H and O–H groups in total. The predicted molar refractivity (Wildman–Crippen MR) is 39.8 cm³/mol. The molecule has 78 valence electrons. The molecule has 2 saturated heterocycles. The summed E-state index contributed by atoms with van der Waals surface area (Å²) >= 11 is 0. The van der Waals surface area contributed by atoms with E-state index in [0.29, 0.717) is 0 Å². The lowest BCUT2D eigenvalue weighted by Crippen LogP contribution is -2.41. The highest BCUT2D eigenvalue weighted by atomic mass is 16.9. The maximum atomic E-state index is 11.3. The van der Waals surface area contributed by atoms with E-state index in [1.807, 2.05) is 0 Å². The third-order valence-electron chi connectivity index (χ3n) is 2.13. The Morgan fingerprint density at radius 3 is 2.86 bits per heavy atom. The Morgan fingerprint density at radius 1 is 1.50 bits per heavy atom. The van der Waals surface area contributed by atoms with E-state index in [1.54, 1.807) is 0 Å². The van der Waals surface area contributed by atoms with Crippen molar-refractivity contribution in [1.29, 1.82) is 0 Å². The minimum atomic E-state index is -0.850. The number of carbonyl (C=O) groups is 2. The molecule has 2 rings (SSSR count). The second kappa shape index (κ2) is 3.10. The third kappa shape index (κ3) is 1.21. The van der Waals surface area contributed by atoms with E-state index in [1.165, 1.54) is 19.2 Å². The normalized spacial score (nSPS) is 36.1. The highest BCUT2D eigenvalue weighted by Gasteiger charge is 2.55. The van der Waals surface area contributed by atoms with Crippen LogP contribution in [0.3, 0.4) is 0 Å². The fraction of sp³-hybridized carbons (Fsp3) is 0.714. The van der Waals surface area contributed by atoms with E-state index in [4.69, 9.17) is 9.57 Å². The molecule has 0 amide bonds. The monoisotopic (exact) mass is 203 g/mol. The molecule has 7 nitrogen and oxygen atoms in total. The molecule has 0 aromatic heterocycles. The summed E-state index contributed by atoms with van der Waals surface area (Å²) in [5.74, 6) is -0.529. The fourth-order valence-corrected chi connectivity index (χ4v) is 1.49. The van der Waals surface area contributed by atoms with Gasteiger partial charge in [0.2, 0.25) is 0 Å². The fourth-order valence-electron chi connectivity index (χ4n) is 1.49. The van der Waals surface area contributed by atoms with E-state index in [-0.39, 0.29) is 0 Å². The van der Waals surface area contributed by atoms with Gasteiger partial charge in [-0.15, -0.1) is 0 Å². The number of esters is 1. The van der Waals surface area contributed by atoms with Crippen LogP contribution in [0.2, 0.25) is 0 Å². The maximum Gasteiger partial charge on any atom is 0.511 e. The first kappa shape index (κ1) is 9.22. The van der Waals surface area contributed by atoms with Gasteiger partial charge in [0.25, 0.3) is 6.29 Å². The number of hydroxylamine groups is 2. The van der Waals surface area contributed by atoms with Crippen LogP contribution in [0.1, 0.15) is 0 Å². The molecule has 0 spiro atoms. The number of ether oxygens (including phenoxy) is 3. The van der Waals surface area contributed by atoms with Crippen LogP contribution in [-0.4, -0.2) is 49.8 Å². The lowest BCUT2D eigenvalue weighted by atomic mass is 10.2. The van der Waals surface area contributed by atoms with Crippen molar-refractivity contribution < 1.29 is 28.6 Å². The molecule has 0 unspecified atom stereocenters. The van der Waals surface area contributed by atoms with Crippen molar-refractivity contribution in [2.24, 2.45) is 0 Å². The van der Waals surface area contributed by atoms with Gasteiger partial charge >= 0.3 is 12.1 Å². The average molecular weight is 203 g/mol. The Bertz CT molecular complexity index is 279. The Balaban J connectivity index is 2.16. The quantitative estimate of drug-likeness (QED) is 0.520. The van der Waals surface area contributed by atoms with Gasteiger partial charge in [0.15, 0.2) is 12.1 Å². The number of fused-ring (bicyclic) bond motifs is 1. The molecule has 14 heavy (non-hydrogen) atoms. The molecule has 0 saturated carbocycles. The van der Waals surface area contributed by atoms with Crippen LogP contribution in [0.5, 0.6) is 0 Å². The molecule has 2 aliphatic rings. The van der Waals surface area contributed by atoms with Gasteiger partial charge in [0.05, 0.1) is 7.11 Å². The standard InChI is InChI=1S/C7H9NO6/c1-8-3(5(9)11-2)4-6(14-8)13-7(10)12-4/h3-4,6H,1-2H3/t3-,4+,6-/m0/s1. The number of carbonyl (C=O) groups excluding carboxylic acids is 2. The van der Waals surface area contributed by atoms with Gasteiger partial charge in [-0.2, -0.15) is 5.06 Å². The van der Waals surface area contributed by atoms with Crippen LogP contribution in [0.15, 0.2) is 0 Å². The van der Waals surface area contributed by atoms with Crippen molar-refractivity contribution in [3.05, 3.63) is 0 Å². The summed E-state index contributed by atoms with van der Waals surface area (Å²) in [5, 5.41) is 1.26. The second-order valence-electron chi connectivity index (χ2n) is 2.94. The summed E-state index contributed by atoms with van der Waals surface area (Å²) in [7, 11) is 2.79. The molecule has 2 fully saturated rings. The summed E-state index contributed by atoms with van der Waals surface area (Å²) < 4.78 is 14.0. The van der Waals surface area contributed by atoms with Crippen LogP contribution in [0, 0.1) is 0 Å². The maximum absolute atomic E-state index is 11.3. The van der Waals surface area contributed by atoms with Gasteiger partial charge in [0, 0.05) is 7.05 Å². The average Bonchev–Trinajstić information content (AvgIpc) is 2.58. The first-order valence-corrected chi connectivity index (χ1v) is 3.98. The Morgan fingerprint density at radius 2 is 2.21 bits per heavy atom. The summed E-state index contributed by atoms with van der Waals surface area (Å²) in [5.41, 5.74) is 0. The van der Waals surface area contributed by atoms with E-state index in [0.717, 1.165) is 0 Å². The minimum absolute atomic E-state index is 0.529. The van der Waals surface area contributed by atoms with E-state index in [9.17, 15) is 9.59 Å². The van der Waals surface area contributed by atoms with E-state index in [2.05, 4.69) is 9.47 Å². The molecule has 3 atom stereocenters. The van der Waals surface area contributed by atoms with Gasteiger partial charge in [-0.1, -0.05) is 0 Å². The summed E-state index contributed by atoms with van der Waals surface area (Å²) in [4.78, 5) is 27.1. The van der Waals surface area contributed by atoms with Crippen molar-refractivity contribution in [3.63, 3.8) is 0 Å². The van der Waals surface area contributed by atoms with Crippen molar-refractivity contribution in [3.8, 4) is 0 Å². The first-order chi connectivity index (χ1) is 6.63. The van der Waals surface area contributed by atoms with Crippen molar-refractivity contribution >= 4 is 12.1 Å². The molecule has 0 aromatic carbocycles. The Kier molecular flexibility index (Phi) is 2.05. The number of hydrogen-bond acceptors (Lipinski definition) is 7. The Hall–Kier alpha value is -1.34. The van der Waals surface area contributed by atoms with E-state index < -0.39 is 30.6 Å². The van der Waals surface area contributed by atoms with Crippen LogP contribution >= 0.6 is 0 Å². The van der Waals surface area contributed by atoms with Gasteiger partial charge < -0.3 is 14.2 Å². The smallest absolute Gasteiger partial charge is 0.468 e. The molecule has 7 heteroatoms. The predicted octanol–water partition coefficient (Wildman–Crippen LogP) is -0.734. The molecule has 0 bridgehead atoms. The number of methoxy groups -OCH3 is 1. The minimum Gasteiger partial charge on any atom is -0.468 e. The van der Waals surface area contributed by atoms with Crippen molar-refractivity contribution in [2.45, 2.75) is 18.4 Å². The summed E-state index contributed by atoms with van der Waals surface area (Å²) in [6, 6.07) is -0.767. The van der Waals surface area contributed by atoms with Crippen LogP contribution < -0.4 is 0 Å². The van der Waals surface area contributed by atoms with Crippen molar-refractivity contribution in [2.75, 3.05) is 14.2 Å². The third-order valence-corrected chi connectivity index (χ3v) is 2.13. The number of rotatable bonds is 1. The lowest BCUT2D eigenvalue weighted by Gasteiger charge is -2.16. The largest absolute Gasteiger partial charge is 0.511 e. The highest BCUT2D eigenvalue weighted by Crippen LogP contribution is 2.29. The molecule has 0 aliphatic carbocycles. The second-order valence-corrected chi connectivity index (χ2v) is 2.94. The highest BCUT2D eigenvalue weighted by molar-refractivity contribution is 5.78. The summed E-state index contributed by atoms with van der Waals surface area (Å²) in [6.45, 7) is 0. The summed E-state index contributed by atoms with van der Waals surface area (Å²) in [6.07, 6.45) is -2.43. The molecular formula is C7H9NO6. The topological polar surface area (TPSA) is 74.3 Å². The zero-order chi connectivity index (χ0) is 10.3. The zero-order valence-electron chi connectivity index (χ0n) is 7.63. The molecule has 2 aliphatic heterocycles. The zero-order valence-corrected chi connectivity index (χ0v) is 7.63. The first-order valence-electron chi connectivity index (χ1n) is 3.98. The number of likely N-dealkylation sites (N-methyl/N-ethyl adjacent to an activating group) is 1. The number of hydrogen-bond donors (Lipinski definition) is 0. The SMILES string of the molecule is COC(=O)[C@@H]1[C@H]2OC(=O)O[C@H]2ON1C. The van der Waals surface area contributed by atoms with Gasteiger partial charge in [-0.3, -0.25) is 9.63 Å². The molecular weight excluding hydrogens is 194 g/mol. The van der Waals surface area contributed by atoms with E-state index >= 15 is 0 Å². The molecule has 0 radical (unpaired) electrons. The molecule has 2 heterocycles. The number of nitrogens with zero attached hydrogens (tertiary/aromatic N) is 1. The lowest BCUT2D eigenvalue weighted by molar-refractivity contribution is -0.207. The molecule has 0 aromatic rings. The van der Waals surface area contributed by atoms with Gasteiger partial charge in [-0.25, -0.2) is 4.79 Å². The van der Waals surface area contributed by atoms with Crippen LogP contribution in [-0.2, 0) is 23.8 Å². The van der Waals surface area contributed by atoms with Gasteiger partial charge in [-0.05, 0) is 0 Å². The van der Waals surface area contributed by atoms with Crippen LogP contribution in [0.4, 0.5) is 4.79 Å².